The van der Waals surface area contributed by atoms with Gasteiger partial charge >= 0.3 is 0 Å². The Hall–Kier alpha value is -2.86. The van der Waals surface area contributed by atoms with Gasteiger partial charge in [0.15, 0.2) is 0 Å². The van der Waals surface area contributed by atoms with Crippen molar-refractivity contribution in [2.24, 2.45) is 5.73 Å². The maximum Gasteiger partial charge on any atom is 0.266 e. The predicted octanol–water partition coefficient (Wildman–Crippen LogP) is 3.45. The molecule has 4 rings (SSSR count). The third-order valence-corrected chi connectivity index (χ3v) is 7.24. The van der Waals surface area contributed by atoms with Crippen molar-refractivity contribution in [2.45, 2.75) is 0 Å². The molecule has 1 amide bonds. The van der Waals surface area contributed by atoms with E-state index in [0.29, 0.717) is 21.2 Å². The van der Waals surface area contributed by atoms with Gasteiger partial charge in [-0.05, 0) is 35.9 Å². The highest BCUT2D eigenvalue weighted by Gasteiger charge is 2.35. The number of aromatic amines is 1. The number of aromatic nitrogens is 2. The van der Waals surface area contributed by atoms with Crippen LogP contribution >= 0.6 is 19.0 Å². The van der Waals surface area contributed by atoms with E-state index in [1.807, 2.05) is 6.07 Å². The molecule has 3 N–H and O–H groups in total. The zero-order chi connectivity index (χ0) is 19.9. The van der Waals surface area contributed by atoms with E-state index in [2.05, 4.69) is 10.1 Å². The summed E-state index contributed by atoms with van der Waals surface area (Å²) in [5.41, 5.74) is 7.63. The number of nitrogens with one attached hydrogen (secondary N) is 1. The molecule has 142 valence electrons. The van der Waals surface area contributed by atoms with E-state index in [1.165, 1.54) is 13.4 Å². The molecule has 0 aliphatic carbocycles. The first-order valence-corrected chi connectivity index (χ1v) is 10.2. The first kappa shape index (κ1) is 18.5. The number of nitrogens with zero attached hydrogens (tertiary/aromatic N) is 1. The molecule has 4 aromatic rings. The van der Waals surface area contributed by atoms with E-state index in [1.54, 1.807) is 42.6 Å². The van der Waals surface area contributed by atoms with Gasteiger partial charge in [0.05, 0.1) is 11.5 Å². The maximum atomic E-state index is 14.1. The van der Waals surface area contributed by atoms with Crippen LogP contribution in [0.2, 0.25) is 5.02 Å². The number of benzene rings is 2. The van der Waals surface area contributed by atoms with Crippen molar-refractivity contribution in [3.05, 3.63) is 65.6 Å². The average molecular weight is 416 g/mol. The molecule has 2 aromatic heterocycles. The molecule has 0 aliphatic rings. The van der Waals surface area contributed by atoms with E-state index in [0.717, 1.165) is 11.1 Å². The summed E-state index contributed by atoms with van der Waals surface area (Å²) in [5.74, 6) is -0.741. The van der Waals surface area contributed by atoms with Crippen LogP contribution in [0.4, 0.5) is 0 Å². The van der Waals surface area contributed by atoms with Crippen LogP contribution in [0.25, 0.3) is 22.0 Å². The molecule has 0 bridgehead atoms. The molecular formula is C19H15ClN3O4P. The van der Waals surface area contributed by atoms with Crippen LogP contribution in [-0.4, -0.2) is 23.2 Å². The fourth-order valence-corrected chi connectivity index (χ4v) is 5.55. The summed E-state index contributed by atoms with van der Waals surface area (Å²) in [7, 11) is -2.35. The van der Waals surface area contributed by atoms with Crippen molar-refractivity contribution in [1.82, 2.24) is 10.1 Å². The van der Waals surface area contributed by atoms with Gasteiger partial charge in [0.2, 0.25) is 0 Å². The zero-order valence-electron chi connectivity index (χ0n) is 14.7. The third-order valence-electron chi connectivity index (χ3n) is 4.48. The van der Waals surface area contributed by atoms with E-state index in [4.69, 9.17) is 26.4 Å². The molecule has 0 fully saturated rings. The van der Waals surface area contributed by atoms with Gasteiger partial charge in [-0.2, -0.15) is 0 Å². The molecule has 0 spiro atoms. The summed E-state index contributed by atoms with van der Waals surface area (Å²) in [6, 6.07) is 12.0. The molecule has 1 atom stereocenters. The Labute approximate surface area is 164 Å². The third kappa shape index (κ3) is 2.94. The lowest BCUT2D eigenvalue weighted by Gasteiger charge is -2.18. The number of primary amides is 1. The van der Waals surface area contributed by atoms with E-state index in [-0.39, 0.29) is 11.0 Å². The van der Waals surface area contributed by atoms with Gasteiger partial charge in [0.25, 0.3) is 13.3 Å². The number of amides is 1. The number of hydrogen-bond acceptors (Lipinski definition) is 5. The number of halogens is 1. The Morgan fingerprint density at radius 1 is 1.25 bits per heavy atom. The normalized spacial score (nSPS) is 13.5. The first-order chi connectivity index (χ1) is 13.4. The minimum absolute atomic E-state index is 0.0258. The van der Waals surface area contributed by atoms with Crippen LogP contribution in [0.15, 0.2) is 59.4 Å². The molecule has 1 unspecified atom stereocenters. The summed E-state index contributed by atoms with van der Waals surface area (Å²) in [6.45, 7) is 0. The fraction of sp³-hybridized carbons (Fsp3) is 0.0526. The summed E-state index contributed by atoms with van der Waals surface area (Å²) in [6.07, 6.45) is 3.04. The van der Waals surface area contributed by atoms with Crippen molar-refractivity contribution in [2.75, 3.05) is 7.11 Å². The van der Waals surface area contributed by atoms with Crippen molar-refractivity contribution in [1.29, 1.82) is 0 Å². The lowest BCUT2D eigenvalue weighted by Crippen LogP contribution is -2.25. The SMILES string of the molecule is COP(=O)(c1cccc(-c2cnoc2)c1)c1c(C(N)=O)[nH]c2ccc(Cl)cc12. The zero-order valence-corrected chi connectivity index (χ0v) is 16.3. The largest absolute Gasteiger partial charge is 0.364 e. The van der Waals surface area contributed by atoms with Gasteiger partial charge in [-0.3, -0.25) is 9.36 Å². The number of H-pyrrole nitrogens is 1. The summed E-state index contributed by atoms with van der Waals surface area (Å²) >= 11 is 6.13. The van der Waals surface area contributed by atoms with Gasteiger partial charge in [0, 0.05) is 33.9 Å². The van der Waals surface area contributed by atoms with Crippen molar-refractivity contribution >= 4 is 46.4 Å². The van der Waals surface area contributed by atoms with Crippen LogP contribution < -0.4 is 16.3 Å². The minimum atomic E-state index is -3.68. The molecule has 0 saturated heterocycles. The Morgan fingerprint density at radius 3 is 2.75 bits per heavy atom. The molecular weight excluding hydrogens is 401 g/mol. The number of carbonyl (C=O) groups is 1. The predicted molar refractivity (Wildman–Crippen MR) is 108 cm³/mol. The number of fused-ring (bicyclic) bond motifs is 1. The minimum Gasteiger partial charge on any atom is -0.364 e. The summed E-state index contributed by atoms with van der Waals surface area (Å²) < 4.78 is 24.5. The van der Waals surface area contributed by atoms with Crippen LogP contribution in [-0.2, 0) is 9.09 Å². The summed E-state index contributed by atoms with van der Waals surface area (Å²) in [4.78, 5) is 15.0. The number of rotatable bonds is 5. The van der Waals surface area contributed by atoms with Crippen molar-refractivity contribution < 1.29 is 18.4 Å². The second-order valence-corrected chi connectivity index (χ2v) is 8.97. The molecule has 28 heavy (non-hydrogen) atoms. The first-order valence-electron chi connectivity index (χ1n) is 8.22. The topological polar surface area (TPSA) is 111 Å². The molecule has 7 nitrogen and oxygen atoms in total. The van der Waals surface area contributed by atoms with Gasteiger partial charge in [0.1, 0.15) is 12.0 Å². The van der Waals surface area contributed by atoms with Crippen LogP contribution in [0, 0.1) is 0 Å². The Kier molecular flexibility index (Phi) is 4.59. The lowest BCUT2D eigenvalue weighted by molar-refractivity contribution is 0.0997. The van der Waals surface area contributed by atoms with Gasteiger partial charge in [-0.15, -0.1) is 0 Å². The number of carbonyl (C=O) groups excluding carboxylic acids is 1. The molecule has 2 heterocycles. The maximum absolute atomic E-state index is 14.1. The standard InChI is InChI=1S/C19H15ClN3O4P/c1-26-28(25,14-4-2-3-11(7-14)12-9-22-27-10-12)18-15-8-13(20)5-6-16(15)23-17(18)19(21)24/h2-10,23H,1H3,(H2,21,24). The van der Waals surface area contributed by atoms with Crippen LogP contribution in [0.3, 0.4) is 0 Å². The van der Waals surface area contributed by atoms with Crippen molar-refractivity contribution in [3.63, 3.8) is 0 Å². The molecule has 0 radical (unpaired) electrons. The summed E-state index contributed by atoms with van der Waals surface area (Å²) in [5, 5.41) is 5.24. The van der Waals surface area contributed by atoms with Crippen LogP contribution in [0.5, 0.6) is 0 Å². The fourth-order valence-electron chi connectivity index (χ4n) is 3.18. The molecule has 0 aliphatic heterocycles. The lowest BCUT2D eigenvalue weighted by atomic mass is 10.1. The number of hydrogen-bond donors (Lipinski definition) is 2. The highest BCUT2D eigenvalue weighted by atomic mass is 35.5. The quantitative estimate of drug-likeness (QED) is 0.485. The monoisotopic (exact) mass is 415 g/mol. The van der Waals surface area contributed by atoms with E-state index in [9.17, 15) is 9.36 Å². The molecule has 9 heteroatoms. The van der Waals surface area contributed by atoms with Crippen LogP contribution in [0.1, 0.15) is 10.5 Å². The smallest absolute Gasteiger partial charge is 0.266 e. The molecule has 0 saturated carbocycles. The second-order valence-electron chi connectivity index (χ2n) is 6.10. The molecule has 2 aromatic carbocycles. The van der Waals surface area contributed by atoms with E-state index >= 15 is 0 Å². The van der Waals surface area contributed by atoms with Gasteiger partial charge in [-0.1, -0.05) is 28.9 Å². The Bertz CT molecular complexity index is 1230. The van der Waals surface area contributed by atoms with Crippen molar-refractivity contribution in [3.8, 4) is 11.1 Å². The van der Waals surface area contributed by atoms with E-state index < -0.39 is 13.3 Å². The van der Waals surface area contributed by atoms with Gasteiger partial charge in [-0.25, -0.2) is 0 Å². The average Bonchev–Trinajstić information content (AvgIpc) is 3.35. The second kappa shape index (κ2) is 6.95. The Balaban J connectivity index is 2.00. The highest BCUT2D eigenvalue weighted by molar-refractivity contribution is 7.75. The van der Waals surface area contributed by atoms with Gasteiger partial charge < -0.3 is 19.8 Å². The highest BCUT2D eigenvalue weighted by Crippen LogP contribution is 2.47. The Morgan fingerprint density at radius 2 is 2.07 bits per heavy atom. The number of nitrogens with two attached hydrogens (primary N) is 1.